The first-order valence-corrected chi connectivity index (χ1v) is 7.26. The monoisotopic (exact) mass is 360 g/mol. The van der Waals surface area contributed by atoms with Gasteiger partial charge in [-0.25, -0.2) is 0 Å². The third kappa shape index (κ3) is 4.40. The van der Waals surface area contributed by atoms with Crippen molar-refractivity contribution in [1.29, 1.82) is 0 Å². The van der Waals surface area contributed by atoms with E-state index < -0.39 is 30.5 Å². The Bertz CT molecular complexity index is 537. The van der Waals surface area contributed by atoms with Crippen LogP contribution in [0.15, 0.2) is 24.3 Å². The Kier molecular flexibility index (Phi) is 6.30. The van der Waals surface area contributed by atoms with Crippen molar-refractivity contribution < 1.29 is 35.5 Å². The van der Waals surface area contributed by atoms with Gasteiger partial charge in [0.1, 0.15) is 0 Å². The Labute approximate surface area is 135 Å². The molecule has 1 rings (SSSR count). The minimum absolute atomic E-state index is 0.140. The SMILES string of the molecule is COC(CC(F)(F)C(F)(F)C(F)(F)F)c1ccccc1CC(C)C. The molecule has 0 bridgehead atoms. The van der Waals surface area contributed by atoms with Crippen LogP contribution in [-0.4, -0.2) is 25.1 Å². The van der Waals surface area contributed by atoms with Gasteiger partial charge in [-0.3, -0.25) is 0 Å². The Balaban J connectivity index is 3.16. The Morgan fingerprint density at radius 3 is 1.96 bits per heavy atom. The molecule has 0 amide bonds. The van der Waals surface area contributed by atoms with Crippen LogP contribution in [-0.2, 0) is 11.2 Å². The lowest BCUT2D eigenvalue weighted by molar-refractivity contribution is -0.358. The standard InChI is InChI=1S/C16H19F7O/c1-10(2)8-11-6-4-5-7-12(11)13(24-3)9-14(17,18)15(19,20)16(21,22)23/h4-7,10,13H,8-9H2,1-3H3. The molecule has 0 aromatic heterocycles. The molecule has 0 aliphatic carbocycles. The van der Waals surface area contributed by atoms with Gasteiger partial charge in [-0.2, -0.15) is 30.7 Å². The van der Waals surface area contributed by atoms with Gasteiger partial charge in [0.15, 0.2) is 0 Å². The quantitative estimate of drug-likeness (QED) is 0.559. The van der Waals surface area contributed by atoms with Crippen LogP contribution in [0, 0.1) is 5.92 Å². The first-order valence-electron chi connectivity index (χ1n) is 7.26. The number of methoxy groups -OCH3 is 1. The first-order chi connectivity index (χ1) is 10.8. The topological polar surface area (TPSA) is 9.23 Å². The molecule has 0 saturated heterocycles. The van der Waals surface area contributed by atoms with Gasteiger partial charge in [0.25, 0.3) is 0 Å². The molecular weight excluding hydrogens is 341 g/mol. The third-order valence-electron chi connectivity index (χ3n) is 3.57. The van der Waals surface area contributed by atoms with E-state index in [0.29, 0.717) is 12.0 Å². The maximum atomic E-state index is 13.7. The van der Waals surface area contributed by atoms with Crippen LogP contribution in [0.2, 0.25) is 0 Å². The zero-order valence-corrected chi connectivity index (χ0v) is 13.4. The van der Waals surface area contributed by atoms with Crippen molar-refractivity contribution in [3.8, 4) is 0 Å². The summed E-state index contributed by atoms with van der Waals surface area (Å²) >= 11 is 0. The molecule has 1 aromatic rings. The third-order valence-corrected chi connectivity index (χ3v) is 3.57. The molecule has 1 aromatic carbocycles. The Morgan fingerprint density at radius 2 is 1.50 bits per heavy atom. The van der Waals surface area contributed by atoms with Gasteiger partial charge >= 0.3 is 18.0 Å². The van der Waals surface area contributed by atoms with E-state index in [4.69, 9.17) is 4.74 Å². The fraction of sp³-hybridized carbons (Fsp3) is 0.625. The summed E-state index contributed by atoms with van der Waals surface area (Å²) in [6.07, 6.45) is -9.24. The second-order valence-corrected chi connectivity index (χ2v) is 6.00. The summed E-state index contributed by atoms with van der Waals surface area (Å²) in [7, 11) is 0.999. The number of alkyl halides is 7. The van der Waals surface area contributed by atoms with Crippen molar-refractivity contribution in [2.45, 2.75) is 50.8 Å². The summed E-state index contributed by atoms with van der Waals surface area (Å²) in [6, 6.07) is 6.14. The maximum Gasteiger partial charge on any atom is 0.459 e. The number of ether oxygens (including phenoxy) is 1. The lowest BCUT2D eigenvalue weighted by Gasteiger charge is -2.31. The average Bonchev–Trinajstić information content (AvgIpc) is 2.43. The van der Waals surface area contributed by atoms with Crippen molar-refractivity contribution >= 4 is 0 Å². The number of hydrogen-bond acceptors (Lipinski definition) is 1. The zero-order chi connectivity index (χ0) is 18.8. The van der Waals surface area contributed by atoms with Gasteiger partial charge in [0.2, 0.25) is 0 Å². The molecule has 0 N–H and O–H groups in total. The van der Waals surface area contributed by atoms with Gasteiger partial charge in [0, 0.05) is 13.5 Å². The Morgan fingerprint density at radius 1 is 0.958 bits per heavy atom. The van der Waals surface area contributed by atoms with E-state index in [1.807, 2.05) is 13.8 Å². The second-order valence-electron chi connectivity index (χ2n) is 6.00. The highest BCUT2D eigenvalue weighted by molar-refractivity contribution is 5.30. The minimum atomic E-state index is -6.34. The largest absolute Gasteiger partial charge is 0.459 e. The molecular formula is C16H19F7O. The van der Waals surface area contributed by atoms with Crippen LogP contribution in [0.4, 0.5) is 30.7 Å². The van der Waals surface area contributed by atoms with Crippen molar-refractivity contribution in [2.24, 2.45) is 5.92 Å². The van der Waals surface area contributed by atoms with Crippen molar-refractivity contribution in [3.05, 3.63) is 35.4 Å². The lowest BCUT2D eigenvalue weighted by atomic mass is 9.91. The van der Waals surface area contributed by atoms with Crippen LogP contribution >= 0.6 is 0 Å². The molecule has 0 spiro atoms. The van der Waals surface area contributed by atoms with Gasteiger partial charge in [-0.05, 0) is 23.5 Å². The van der Waals surface area contributed by atoms with E-state index >= 15 is 0 Å². The predicted molar refractivity (Wildman–Crippen MR) is 75.3 cm³/mol. The first kappa shape index (κ1) is 20.7. The average molecular weight is 360 g/mol. The van der Waals surface area contributed by atoms with Crippen molar-refractivity contribution in [3.63, 3.8) is 0 Å². The summed E-state index contributed by atoms with van der Waals surface area (Å²) in [5.41, 5.74) is 0.761. The lowest BCUT2D eigenvalue weighted by Crippen LogP contribution is -2.52. The summed E-state index contributed by atoms with van der Waals surface area (Å²) in [4.78, 5) is 0. The Hall–Kier alpha value is -1.31. The molecule has 0 radical (unpaired) electrons. The number of halogens is 7. The summed E-state index contributed by atoms with van der Waals surface area (Å²) in [6.45, 7) is 3.73. The molecule has 1 atom stereocenters. The molecule has 1 unspecified atom stereocenters. The molecule has 0 heterocycles. The van der Waals surface area contributed by atoms with E-state index in [1.54, 1.807) is 12.1 Å². The van der Waals surface area contributed by atoms with E-state index in [-0.39, 0.29) is 11.5 Å². The number of rotatable bonds is 7. The van der Waals surface area contributed by atoms with Gasteiger partial charge < -0.3 is 4.74 Å². The highest BCUT2D eigenvalue weighted by Crippen LogP contribution is 2.50. The van der Waals surface area contributed by atoms with Gasteiger partial charge in [-0.1, -0.05) is 38.1 Å². The number of hydrogen-bond donors (Lipinski definition) is 0. The molecule has 1 nitrogen and oxygen atoms in total. The fourth-order valence-electron chi connectivity index (χ4n) is 2.36. The fourth-order valence-corrected chi connectivity index (χ4v) is 2.36. The second kappa shape index (κ2) is 7.29. The number of benzene rings is 1. The maximum absolute atomic E-state index is 13.7. The van der Waals surface area contributed by atoms with Crippen molar-refractivity contribution in [1.82, 2.24) is 0 Å². The zero-order valence-electron chi connectivity index (χ0n) is 13.4. The van der Waals surface area contributed by atoms with Crippen LogP contribution in [0.25, 0.3) is 0 Å². The molecule has 0 aliphatic heterocycles. The van der Waals surface area contributed by atoms with E-state index in [0.717, 1.165) is 7.11 Å². The summed E-state index contributed by atoms with van der Waals surface area (Å²) < 4.78 is 95.2. The smallest absolute Gasteiger partial charge is 0.377 e. The normalized spacial score (nSPS) is 15.0. The van der Waals surface area contributed by atoms with E-state index in [9.17, 15) is 30.7 Å². The summed E-state index contributed by atoms with van der Waals surface area (Å²) in [5.74, 6) is -11.3. The van der Waals surface area contributed by atoms with E-state index in [2.05, 4.69) is 0 Å². The predicted octanol–water partition coefficient (Wildman–Crippen LogP) is 5.80. The molecule has 8 heteroatoms. The molecule has 0 aliphatic rings. The van der Waals surface area contributed by atoms with Gasteiger partial charge in [-0.15, -0.1) is 0 Å². The van der Waals surface area contributed by atoms with Crippen LogP contribution in [0.5, 0.6) is 0 Å². The van der Waals surface area contributed by atoms with Gasteiger partial charge in [0.05, 0.1) is 6.10 Å². The summed E-state index contributed by atoms with van der Waals surface area (Å²) in [5, 5.41) is 0. The van der Waals surface area contributed by atoms with Crippen LogP contribution in [0.3, 0.4) is 0 Å². The van der Waals surface area contributed by atoms with Crippen LogP contribution < -0.4 is 0 Å². The highest BCUT2D eigenvalue weighted by Gasteiger charge is 2.73. The minimum Gasteiger partial charge on any atom is -0.377 e. The van der Waals surface area contributed by atoms with E-state index in [1.165, 1.54) is 12.1 Å². The molecule has 24 heavy (non-hydrogen) atoms. The molecule has 0 fully saturated rings. The van der Waals surface area contributed by atoms with Crippen LogP contribution in [0.1, 0.15) is 37.5 Å². The molecule has 138 valence electrons. The molecule has 0 saturated carbocycles. The van der Waals surface area contributed by atoms with Crippen molar-refractivity contribution in [2.75, 3.05) is 7.11 Å². The highest BCUT2D eigenvalue weighted by atomic mass is 19.4.